The molecule has 0 saturated carbocycles. The van der Waals surface area contributed by atoms with E-state index in [0.717, 1.165) is 13.0 Å². The van der Waals surface area contributed by atoms with Crippen molar-refractivity contribution in [3.63, 3.8) is 0 Å². The van der Waals surface area contributed by atoms with Gasteiger partial charge in [0.1, 0.15) is 0 Å². The van der Waals surface area contributed by atoms with Crippen molar-refractivity contribution in [3.8, 4) is 0 Å². The smallest absolute Gasteiger partial charge is 0.0966 e. The summed E-state index contributed by atoms with van der Waals surface area (Å²) < 4.78 is 0. The molecule has 0 radical (unpaired) electrons. The highest BCUT2D eigenvalue weighted by Gasteiger charge is 2.17. The molecule has 0 amide bonds. The summed E-state index contributed by atoms with van der Waals surface area (Å²) in [6.45, 7) is 3.64. The zero-order valence-corrected chi connectivity index (χ0v) is 7.84. The van der Waals surface area contributed by atoms with Crippen LogP contribution >= 0.6 is 0 Å². The Kier molecular flexibility index (Phi) is 4.08. The van der Waals surface area contributed by atoms with Crippen LogP contribution in [-0.4, -0.2) is 25.0 Å². The molecule has 0 aliphatic carbocycles. The predicted molar refractivity (Wildman–Crippen MR) is 52.4 cm³/mol. The molecule has 0 bridgehead atoms. The lowest BCUT2D eigenvalue weighted by molar-refractivity contribution is 0.568. The van der Waals surface area contributed by atoms with E-state index in [0.29, 0.717) is 12.6 Å². The first-order valence-electron chi connectivity index (χ1n) is 4.86. The van der Waals surface area contributed by atoms with Gasteiger partial charge in [-0.2, -0.15) is 0 Å². The Bertz CT molecular complexity index is 154. The fourth-order valence-corrected chi connectivity index (χ4v) is 1.58. The Morgan fingerprint density at radius 2 is 2.50 bits per heavy atom. The Morgan fingerprint density at radius 1 is 1.67 bits per heavy atom. The molecule has 0 aromatic heterocycles. The second kappa shape index (κ2) is 5.14. The standard InChI is InChI=1S/C9H19N3/c1-2-3-8-4-5-9(12-8)11-7-6-10/h8H,2-7,10H2,1H3,(H,11,12). The maximum absolute atomic E-state index is 5.37. The molecule has 3 N–H and O–H groups in total. The van der Waals surface area contributed by atoms with Gasteiger partial charge in [-0.25, -0.2) is 0 Å². The van der Waals surface area contributed by atoms with E-state index in [2.05, 4.69) is 17.2 Å². The van der Waals surface area contributed by atoms with Crippen molar-refractivity contribution < 1.29 is 0 Å². The Hall–Kier alpha value is -0.570. The van der Waals surface area contributed by atoms with E-state index in [-0.39, 0.29) is 0 Å². The number of nitrogens with one attached hydrogen (secondary N) is 1. The summed E-state index contributed by atoms with van der Waals surface area (Å²) in [6.07, 6.45) is 4.88. The van der Waals surface area contributed by atoms with Gasteiger partial charge in [0.15, 0.2) is 0 Å². The lowest BCUT2D eigenvalue weighted by atomic mass is 10.1. The highest BCUT2D eigenvalue weighted by atomic mass is 15.0. The first kappa shape index (κ1) is 9.52. The third kappa shape index (κ3) is 2.81. The van der Waals surface area contributed by atoms with Gasteiger partial charge in [-0.1, -0.05) is 13.3 Å². The molecule has 1 aliphatic rings. The lowest BCUT2D eigenvalue weighted by Gasteiger charge is -2.07. The van der Waals surface area contributed by atoms with Crippen LogP contribution in [0.5, 0.6) is 0 Å². The predicted octanol–water partition coefficient (Wildman–Crippen LogP) is 0.896. The Balaban J connectivity index is 2.25. The molecule has 3 heteroatoms. The summed E-state index contributed by atoms with van der Waals surface area (Å²) in [6, 6.07) is 0.673. The molecule has 12 heavy (non-hydrogen) atoms. The van der Waals surface area contributed by atoms with Crippen LogP contribution < -0.4 is 11.1 Å². The fraction of sp³-hybridized carbons (Fsp3) is 0.889. The van der Waals surface area contributed by atoms with Crippen LogP contribution in [0.1, 0.15) is 32.6 Å². The summed E-state index contributed by atoms with van der Waals surface area (Å²) in [5.74, 6) is 1.17. The second-order valence-corrected chi connectivity index (χ2v) is 3.29. The molecular weight excluding hydrogens is 150 g/mol. The molecule has 70 valence electrons. The van der Waals surface area contributed by atoms with Crippen molar-refractivity contribution in [2.45, 2.75) is 38.6 Å². The van der Waals surface area contributed by atoms with Crippen LogP contribution in [0.3, 0.4) is 0 Å². The van der Waals surface area contributed by atoms with Crippen molar-refractivity contribution in [1.29, 1.82) is 0 Å². The van der Waals surface area contributed by atoms with E-state index in [4.69, 9.17) is 5.73 Å². The van der Waals surface area contributed by atoms with Gasteiger partial charge in [-0.3, -0.25) is 4.99 Å². The molecular formula is C9H19N3. The molecule has 0 spiro atoms. The van der Waals surface area contributed by atoms with Crippen LogP contribution in [-0.2, 0) is 0 Å². The quantitative estimate of drug-likeness (QED) is 0.657. The van der Waals surface area contributed by atoms with E-state index in [1.54, 1.807) is 0 Å². The Morgan fingerprint density at radius 3 is 3.17 bits per heavy atom. The summed E-state index contributed by atoms with van der Waals surface area (Å²) in [7, 11) is 0. The summed E-state index contributed by atoms with van der Waals surface area (Å²) in [5, 5.41) is 3.42. The molecule has 1 heterocycles. The number of rotatable bonds is 4. The maximum Gasteiger partial charge on any atom is 0.0966 e. The van der Waals surface area contributed by atoms with Gasteiger partial charge in [0.25, 0.3) is 0 Å². The number of nitrogens with zero attached hydrogens (tertiary/aromatic N) is 1. The van der Waals surface area contributed by atoms with Gasteiger partial charge in [-0.05, 0) is 12.8 Å². The largest absolute Gasteiger partial charge is 0.371 e. The van der Waals surface area contributed by atoms with Crippen LogP contribution in [0, 0.1) is 0 Å². The van der Waals surface area contributed by atoms with Crippen LogP contribution in [0.15, 0.2) is 4.99 Å². The van der Waals surface area contributed by atoms with Crippen molar-refractivity contribution >= 4 is 5.84 Å². The Labute approximate surface area is 74.4 Å². The third-order valence-corrected chi connectivity index (χ3v) is 2.17. The van der Waals surface area contributed by atoms with Crippen LogP contribution in [0.2, 0.25) is 0 Å². The fourth-order valence-electron chi connectivity index (χ4n) is 1.58. The van der Waals surface area contributed by atoms with Crippen molar-refractivity contribution in [2.24, 2.45) is 10.7 Å². The maximum atomic E-state index is 5.37. The van der Waals surface area contributed by atoms with Crippen molar-refractivity contribution in [2.75, 3.05) is 13.1 Å². The molecule has 1 aliphatic heterocycles. The topological polar surface area (TPSA) is 50.4 Å². The number of aliphatic imine (C=N–C) groups is 1. The SMILES string of the molecule is CCCC1CCC(=NCCN)N1. The number of hydrogen-bond acceptors (Lipinski definition) is 2. The van der Waals surface area contributed by atoms with E-state index in [1.807, 2.05) is 0 Å². The first-order chi connectivity index (χ1) is 5.86. The van der Waals surface area contributed by atoms with E-state index >= 15 is 0 Å². The van der Waals surface area contributed by atoms with Gasteiger partial charge in [0.2, 0.25) is 0 Å². The molecule has 1 rings (SSSR count). The normalized spacial score (nSPS) is 26.2. The van der Waals surface area contributed by atoms with Crippen LogP contribution in [0.25, 0.3) is 0 Å². The molecule has 1 saturated heterocycles. The van der Waals surface area contributed by atoms with Crippen LogP contribution in [0.4, 0.5) is 0 Å². The van der Waals surface area contributed by atoms with Gasteiger partial charge in [-0.15, -0.1) is 0 Å². The minimum atomic E-state index is 0.656. The lowest BCUT2D eigenvalue weighted by Crippen LogP contribution is -2.25. The minimum Gasteiger partial charge on any atom is -0.371 e. The van der Waals surface area contributed by atoms with Gasteiger partial charge < -0.3 is 11.1 Å². The number of nitrogens with two attached hydrogens (primary N) is 1. The molecule has 3 nitrogen and oxygen atoms in total. The van der Waals surface area contributed by atoms with Crippen molar-refractivity contribution in [1.82, 2.24) is 5.32 Å². The molecule has 0 aromatic rings. The average molecular weight is 169 g/mol. The molecule has 0 aromatic carbocycles. The van der Waals surface area contributed by atoms with E-state index < -0.39 is 0 Å². The zero-order chi connectivity index (χ0) is 8.81. The van der Waals surface area contributed by atoms with Crippen molar-refractivity contribution in [3.05, 3.63) is 0 Å². The second-order valence-electron chi connectivity index (χ2n) is 3.29. The summed E-state index contributed by atoms with van der Waals surface area (Å²) >= 11 is 0. The summed E-state index contributed by atoms with van der Waals surface area (Å²) in [5.41, 5.74) is 5.37. The molecule has 1 fully saturated rings. The van der Waals surface area contributed by atoms with Gasteiger partial charge >= 0.3 is 0 Å². The summed E-state index contributed by atoms with van der Waals surface area (Å²) in [4.78, 5) is 4.35. The third-order valence-electron chi connectivity index (χ3n) is 2.17. The van der Waals surface area contributed by atoms with Gasteiger partial charge in [0.05, 0.1) is 12.4 Å². The highest BCUT2D eigenvalue weighted by Crippen LogP contribution is 2.12. The first-order valence-corrected chi connectivity index (χ1v) is 4.86. The molecule has 1 atom stereocenters. The molecule has 1 unspecified atom stereocenters. The average Bonchev–Trinajstić information content (AvgIpc) is 2.50. The monoisotopic (exact) mass is 169 g/mol. The number of amidine groups is 1. The zero-order valence-electron chi connectivity index (χ0n) is 7.84. The minimum absolute atomic E-state index is 0.656. The van der Waals surface area contributed by atoms with Gasteiger partial charge in [0, 0.05) is 19.0 Å². The number of hydrogen-bond donors (Lipinski definition) is 2. The van der Waals surface area contributed by atoms with E-state index in [9.17, 15) is 0 Å². The highest BCUT2D eigenvalue weighted by molar-refractivity contribution is 5.84. The van der Waals surface area contributed by atoms with E-state index in [1.165, 1.54) is 25.1 Å².